The molecule has 0 unspecified atom stereocenters. The summed E-state index contributed by atoms with van der Waals surface area (Å²) in [4.78, 5) is 16.4. The molecule has 0 spiro atoms. The van der Waals surface area contributed by atoms with E-state index in [1.165, 1.54) is 12.2 Å². The van der Waals surface area contributed by atoms with Crippen LogP contribution in [0.25, 0.3) is 0 Å². The lowest BCUT2D eigenvalue weighted by atomic mass is 10.3. The second kappa shape index (κ2) is 7.89. The number of nitrogens with two attached hydrogens (primary N) is 1. The number of rotatable bonds is 5. The fraction of sp³-hybridized carbons (Fsp3) is 0.818. The van der Waals surface area contributed by atoms with E-state index in [-0.39, 0.29) is 5.91 Å². The molecule has 0 aliphatic carbocycles. The van der Waals surface area contributed by atoms with Crippen LogP contribution >= 0.6 is 24.0 Å². The lowest BCUT2D eigenvalue weighted by Crippen LogP contribution is -2.40. The molecule has 1 aliphatic rings. The summed E-state index contributed by atoms with van der Waals surface area (Å²) in [6, 6.07) is 0. The number of likely N-dealkylation sites (N-methyl/N-ethyl adjacent to an activating group) is 1. The molecule has 0 atom stereocenters. The van der Waals surface area contributed by atoms with Crippen LogP contribution in [0.4, 0.5) is 0 Å². The van der Waals surface area contributed by atoms with Crippen molar-refractivity contribution in [1.82, 2.24) is 9.80 Å². The Kier molecular flexibility index (Phi) is 6.84. The van der Waals surface area contributed by atoms with E-state index in [0.29, 0.717) is 24.5 Å². The van der Waals surface area contributed by atoms with Gasteiger partial charge in [-0.3, -0.25) is 9.69 Å². The minimum Gasteiger partial charge on any atom is -0.393 e. The summed E-state index contributed by atoms with van der Waals surface area (Å²) < 4.78 is 0. The van der Waals surface area contributed by atoms with Crippen LogP contribution in [0.5, 0.6) is 0 Å². The smallest absolute Gasteiger partial charge is 0.236 e. The Labute approximate surface area is 113 Å². The Morgan fingerprint density at radius 2 is 2.24 bits per heavy atom. The zero-order valence-electron chi connectivity index (χ0n) is 10.4. The summed E-state index contributed by atoms with van der Waals surface area (Å²) in [7, 11) is 1.81. The molecule has 0 bridgehead atoms. The highest BCUT2D eigenvalue weighted by atomic mass is 32.2. The maximum absolute atomic E-state index is 11.9. The van der Waals surface area contributed by atoms with Crippen LogP contribution in [0, 0.1) is 0 Å². The van der Waals surface area contributed by atoms with Gasteiger partial charge in [-0.05, 0) is 18.7 Å². The fourth-order valence-electron chi connectivity index (χ4n) is 1.67. The van der Waals surface area contributed by atoms with Crippen LogP contribution in [0.3, 0.4) is 0 Å². The number of thiocarbonyl (C=S) groups is 1. The zero-order valence-corrected chi connectivity index (χ0v) is 12.0. The van der Waals surface area contributed by atoms with Gasteiger partial charge in [-0.15, -0.1) is 0 Å². The topological polar surface area (TPSA) is 49.6 Å². The highest BCUT2D eigenvalue weighted by Crippen LogP contribution is 2.09. The maximum Gasteiger partial charge on any atom is 0.236 e. The first-order valence-corrected chi connectivity index (χ1v) is 7.48. The molecular weight excluding hydrogens is 254 g/mol. The van der Waals surface area contributed by atoms with Gasteiger partial charge in [-0.1, -0.05) is 12.2 Å². The third-order valence-electron chi connectivity index (χ3n) is 2.79. The second-order valence-electron chi connectivity index (χ2n) is 4.27. The maximum atomic E-state index is 11.9. The zero-order chi connectivity index (χ0) is 12.7. The van der Waals surface area contributed by atoms with Crippen LogP contribution in [-0.2, 0) is 4.79 Å². The van der Waals surface area contributed by atoms with Crippen LogP contribution in [0.2, 0.25) is 0 Å². The molecule has 2 N–H and O–H groups in total. The number of hydrogen-bond donors (Lipinski definition) is 1. The third kappa shape index (κ3) is 6.24. The van der Waals surface area contributed by atoms with E-state index in [2.05, 4.69) is 4.90 Å². The van der Waals surface area contributed by atoms with Gasteiger partial charge in [-0.2, -0.15) is 11.8 Å². The van der Waals surface area contributed by atoms with Crippen molar-refractivity contribution in [2.75, 3.05) is 44.7 Å². The molecule has 1 heterocycles. The fourth-order valence-corrected chi connectivity index (χ4v) is 2.69. The normalized spacial score (nSPS) is 17.5. The molecule has 0 saturated carbocycles. The molecule has 0 aromatic rings. The average Bonchev–Trinajstić information content (AvgIpc) is 2.54. The van der Waals surface area contributed by atoms with E-state index in [4.69, 9.17) is 18.0 Å². The minimum absolute atomic E-state index is 0.160. The molecule has 1 rings (SSSR count). The summed E-state index contributed by atoms with van der Waals surface area (Å²) >= 11 is 6.78. The standard InChI is InChI=1S/C11H21N3OS2/c1-13(5-3-10(12)16)11(15)9-14-4-2-7-17-8-6-14/h2-9H2,1H3,(H2,12,16). The molecule has 0 aromatic heterocycles. The van der Waals surface area contributed by atoms with Crippen LogP contribution < -0.4 is 5.73 Å². The SMILES string of the molecule is CN(CCC(N)=S)C(=O)CN1CCCSCC1. The molecule has 1 fully saturated rings. The van der Waals surface area contributed by atoms with Gasteiger partial charge >= 0.3 is 0 Å². The molecule has 1 amide bonds. The van der Waals surface area contributed by atoms with E-state index in [0.717, 1.165) is 18.8 Å². The van der Waals surface area contributed by atoms with Crippen molar-refractivity contribution in [2.24, 2.45) is 5.73 Å². The van der Waals surface area contributed by atoms with E-state index in [9.17, 15) is 4.79 Å². The van der Waals surface area contributed by atoms with E-state index in [1.807, 2.05) is 18.8 Å². The summed E-state index contributed by atoms with van der Waals surface area (Å²) in [5.41, 5.74) is 5.43. The Hall–Kier alpha value is -0.330. The number of carbonyl (C=O) groups is 1. The Bertz CT molecular complexity index is 265. The summed E-state index contributed by atoms with van der Waals surface area (Å²) in [6.07, 6.45) is 1.78. The Balaban J connectivity index is 2.28. The Morgan fingerprint density at radius 1 is 1.47 bits per heavy atom. The number of carbonyl (C=O) groups excluding carboxylic acids is 1. The van der Waals surface area contributed by atoms with Crippen LogP contribution in [0.1, 0.15) is 12.8 Å². The summed E-state index contributed by atoms with van der Waals surface area (Å²) in [5.74, 6) is 2.50. The predicted molar refractivity (Wildman–Crippen MR) is 77.4 cm³/mol. The van der Waals surface area contributed by atoms with Crippen LogP contribution in [-0.4, -0.2) is 65.4 Å². The monoisotopic (exact) mass is 275 g/mol. The third-order valence-corrected chi connectivity index (χ3v) is 4.05. The summed E-state index contributed by atoms with van der Waals surface area (Å²) in [6.45, 7) is 3.19. The highest BCUT2D eigenvalue weighted by molar-refractivity contribution is 7.99. The highest BCUT2D eigenvalue weighted by Gasteiger charge is 2.15. The lowest BCUT2D eigenvalue weighted by molar-refractivity contribution is -0.130. The van der Waals surface area contributed by atoms with E-state index in [1.54, 1.807) is 4.90 Å². The molecule has 1 saturated heterocycles. The van der Waals surface area contributed by atoms with Gasteiger partial charge in [0, 0.05) is 32.3 Å². The van der Waals surface area contributed by atoms with Crippen molar-refractivity contribution in [2.45, 2.75) is 12.8 Å². The second-order valence-corrected chi connectivity index (χ2v) is 6.02. The van der Waals surface area contributed by atoms with Gasteiger partial charge < -0.3 is 10.6 Å². The molecule has 0 aromatic carbocycles. The molecule has 1 aliphatic heterocycles. The van der Waals surface area contributed by atoms with Gasteiger partial charge in [0.1, 0.15) is 0 Å². The first kappa shape index (κ1) is 14.7. The number of hydrogen-bond acceptors (Lipinski definition) is 4. The van der Waals surface area contributed by atoms with Gasteiger partial charge in [0.05, 0.1) is 11.5 Å². The molecular formula is C11H21N3OS2. The molecule has 4 nitrogen and oxygen atoms in total. The van der Waals surface area contributed by atoms with Crippen molar-refractivity contribution in [3.8, 4) is 0 Å². The van der Waals surface area contributed by atoms with Gasteiger partial charge in [0.2, 0.25) is 5.91 Å². The number of amides is 1. The minimum atomic E-state index is 0.160. The quantitative estimate of drug-likeness (QED) is 0.743. The van der Waals surface area contributed by atoms with Crippen LogP contribution in [0.15, 0.2) is 0 Å². The van der Waals surface area contributed by atoms with Gasteiger partial charge in [0.25, 0.3) is 0 Å². The largest absolute Gasteiger partial charge is 0.393 e. The Morgan fingerprint density at radius 3 is 2.94 bits per heavy atom. The van der Waals surface area contributed by atoms with E-state index >= 15 is 0 Å². The average molecular weight is 275 g/mol. The van der Waals surface area contributed by atoms with Crippen molar-refractivity contribution < 1.29 is 4.79 Å². The first-order chi connectivity index (χ1) is 8.09. The molecule has 6 heteroatoms. The van der Waals surface area contributed by atoms with Crippen molar-refractivity contribution in [1.29, 1.82) is 0 Å². The predicted octanol–water partition coefficient (Wildman–Crippen LogP) is 0.560. The van der Waals surface area contributed by atoms with Gasteiger partial charge in [0.15, 0.2) is 0 Å². The lowest BCUT2D eigenvalue weighted by Gasteiger charge is -2.23. The van der Waals surface area contributed by atoms with Crippen molar-refractivity contribution >= 4 is 34.9 Å². The van der Waals surface area contributed by atoms with Gasteiger partial charge in [-0.25, -0.2) is 0 Å². The van der Waals surface area contributed by atoms with Crippen molar-refractivity contribution in [3.63, 3.8) is 0 Å². The molecule has 0 radical (unpaired) electrons. The van der Waals surface area contributed by atoms with E-state index < -0.39 is 0 Å². The molecule has 98 valence electrons. The number of thioether (sulfide) groups is 1. The molecule has 17 heavy (non-hydrogen) atoms. The first-order valence-electron chi connectivity index (χ1n) is 5.92. The summed E-state index contributed by atoms with van der Waals surface area (Å²) in [5, 5.41) is 0. The number of nitrogens with zero attached hydrogens (tertiary/aromatic N) is 2. The van der Waals surface area contributed by atoms with Crippen molar-refractivity contribution in [3.05, 3.63) is 0 Å².